The minimum absolute atomic E-state index is 0.187. The van der Waals surface area contributed by atoms with Crippen LogP contribution in [0.25, 0.3) is 0 Å². The monoisotopic (exact) mass is 171 g/mol. The predicted molar refractivity (Wildman–Crippen MR) is 44.9 cm³/mol. The third-order valence-corrected chi connectivity index (χ3v) is 1.93. The molecule has 0 atom stereocenters. The van der Waals surface area contributed by atoms with Gasteiger partial charge in [-0.1, -0.05) is 0 Å². The van der Waals surface area contributed by atoms with Gasteiger partial charge in [-0.2, -0.15) is 0 Å². The molecule has 0 aromatic rings. The lowest BCUT2D eigenvalue weighted by atomic mass is 10.3. The number of carbonyl (C=O) groups is 1. The van der Waals surface area contributed by atoms with Crippen LogP contribution in [0.3, 0.4) is 0 Å². The van der Waals surface area contributed by atoms with Crippen molar-refractivity contribution < 1.29 is 9.53 Å². The van der Waals surface area contributed by atoms with E-state index in [4.69, 9.17) is 4.74 Å². The molecule has 1 aliphatic rings. The lowest BCUT2D eigenvalue weighted by Crippen LogP contribution is -2.44. The molecule has 4 heteroatoms. The minimum Gasteiger partial charge on any atom is -0.384 e. The van der Waals surface area contributed by atoms with Crippen molar-refractivity contribution in [1.82, 2.24) is 10.2 Å². The number of piperazine rings is 1. The molecule has 1 fully saturated rings. The van der Waals surface area contributed by atoms with Crippen LogP contribution in [0.15, 0.2) is 0 Å². The molecule has 1 saturated heterocycles. The van der Waals surface area contributed by atoms with Crippen LogP contribution in [0.4, 0.5) is 0 Å². The summed E-state index contributed by atoms with van der Waals surface area (Å²) in [6, 6.07) is 0. The first kappa shape index (κ1) is 9.48. The van der Waals surface area contributed by atoms with Gasteiger partial charge in [0.25, 0.3) is 0 Å². The van der Waals surface area contributed by atoms with Crippen LogP contribution in [0.2, 0.25) is 0 Å². The van der Waals surface area contributed by atoms with Crippen molar-refractivity contribution in [2.45, 2.75) is 6.42 Å². The van der Waals surface area contributed by atoms with E-state index in [9.17, 15) is 4.79 Å². The Bertz CT molecular complexity index is 144. The van der Waals surface area contributed by atoms with Crippen molar-refractivity contribution in [1.29, 1.82) is 0 Å². The molecule has 0 saturated carbocycles. The molecule has 0 spiro atoms. The number of methoxy groups -OCH3 is 1. The number of rotatable bonds is 3. The molecule has 0 bridgehead atoms. The van der Waals surface area contributed by atoms with Gasteiger partial charge in [0.1, 0.15) is 0 Å². The van der Waals surface area contributed by atoms with Crippen LogP contribution in [-0.4, -0.2) is 50.7 Å². The highest BCUT2D eigenvalue weighted by Crippen LogP contribution is 1.97. The highest BCUT2D eigenvalue weighted by Gasteiger charge is 2.15. The van der Waals surface area contributed by atoms with E-state index >= 15 is 0 Å². The van der Waals surface area contributed by atoms with E-state index in [-0.39, 0.29) is 5.91 Å². The summed E-state index contributed by atoms with van der Waals surface area (Å²) in [5.74, 6) is 0.187. The lowest BCUT2D eigenvalue weighted by Gasteiger charge is -2.26. The van der Waals surface area contributed by atoms with Gasteiger partial charge in [0.05, 0.1) is 13.0 Å². The molecule has 0 aromatic carbocycles. The molecule has 0 aromatic heterocycles. The molecule has 1 radical (unpaired) electrons. The number of nitrogens with zero attached hydrogens (tertiary/aromatic N) is 2. The molecule has 0 N–H and O–H groups in total. The number of hydrogen-bond acceptors (Lipinski definition) is 2. The zero-order valence-electron chi connectivity index (χ0n) is 7.45. The van der Waals surface area contributed by atoms with Gasteiger partial charge in [-0.25, -0.2) is 5.32 Å². The molecular formula is C8H15N2O2. The summed E-state index contributed by atoms with van der Waals surface area (Å²) in [6.07, 6.45) is 0.497. The third kappa shape index (κ3) is 2.79. The smallest absolute Gasteiger partial charge is 0.224 e. The first-order valence-electron chi connectivity index (χ1n) is 4.24. The Kier molecular flexibility index (Phi) is 4.04. The largest absolute Gasteiger partial charge is 0.384 e. The van der Waals surface area contributed by atoms with Gasteiger partial charge in [-0.05, 0) is 0 Å². The van der Waals surface area contributed by atoms with Crippen LogP contribution < -0.4 is 5.32 Å². The Balaban J connectivity index is 2.20. The van der Waals surface area contributed by atoms with Crippen LogP contribution in [-0.2, 0) is 9.53 Å². The summed E-state index contributed by atoms with van der Waals surface area (Å²) in [4.78, 5) is 13.2. The van der Waals surface area contributed by atoms with E-state index < -0.39 is 0 Å². The molecule has 69 valence electrons. The maximum absolute atomic E-state index is 11.4. The summed E-state index contributed by atoms with van der Waals surface area (Å²) in [7, 11) is 1.61. The molecule has 1 rings (SSSR count). The SMILES string of the molecule is COCCC(=O)N1CC[N]CC1. The fraction of sp³-hybridized carbons (Fsp3) is 0.875. The van der Waals surface area contributed by atoms with Gasteiger partial charge in [0, 0.05) is 33.3 Å². The highest BCUT2D eigenvalue weighted by molar-refractivity contribution is 5.76. The first-order chi connectivity index (χ1) is 5.84. The molecule has 12 heavy (non-hydrogen) atoms. The number of hydrogen-bond donors (Lipinski definition) is 0. The second kappa shape index (κ2) is 5.11. The van der Waals surface area contributed by atoms with Gasteiger partial charge >= 0.3 is 0 Å². The van der Waals surface area contributed by atoms with E-state index in [2.05, 4.69) is 5.32 Å². The normalized spacial score (nSPS) is 17.9. The van der Waals surface area contributed by atoms with Crippen molar-refractivity contribution in [2.75, 3.05) is 39.9 Å². The summed E-state index contributed by atoms with van der Waals surface area (Å²) in [5, 5.41) is 4.16. The van der Waals surface area contributed by atoms with Crippen LogP contribution in [0.5, 0.6) is 0 Å². The standard InChI is InChI=1S/C8H15N2O2/c1-12-7-2-8(11)10-5-3-9-4-6-10/h2-7H2,1H3. The molecule has 1 amide bonds. The Morgan fingerprint density at radius 3 is 2.75 bits per heavy atom. The first-order valence-corrected chi connectivity index (χ1v) is 4.24. The van der Waals surface area contributed by atoms with Gasteiger partial charge < -0.3 is 9.64 Å². The van der Waals surface area contributed by atoms with Gasteiger partial charge in [0.2, 0.25) is 5.91 Å². The van der Waals surface area contributed by atoms with Gasteiger partial charge in [0.15, 0.2) is 0 Å². The van der Waals surface area contributed by atoms with Crippen LogP contribution in [0.1, 0.15) is 6.42 Å². The van der Waals surface area contributed by atoms with Gasteiger partial charge in [-0.15, -0.1) is 0 Å². The van der Waals surface area contributed by atoms with E-state index in [1.165, 1.54) is 0 Å². The fourth-order valence-electron chi connectivity index (χ4n) is 1.20. The molecular weight excluding hydrogens is 156 g/mol. The van der Waals surface area contributed by atoms with E-state index in [0.29, 0.717) is 13.0 Å². The lowest BCUT2D eigenvalue weighted by molar-refractivity contribution is -0.132. The minimum atomic E-state index is 0.187. The van der Waals surface area contributed by atoms with E-state index in [1.54, 1.807) is 7.11 Å². The second-order valence-corrected chi connectivity index (χ2v) is 2.79. The quantitative estimate of drug-likeness (QED) is 0.573. The topological polar surface area (TPSA) is 43.6 Å². The molecule has 0 aliphatic carbocycles. The summed E-state index contributed by atoms with van der Waals surface area (Å²) >= 11 is 0. The second-order valence-electron chi connectivity index (χ2n) is 2.79. The van der Waals surface area contributed by atoms with Crippen molar-refractivity contribution in [3.63, 3.8) is 0 Å². The van der Waals surface area contributed by atoms with Gasteiger partial charge in [-0.3, -0.25) is 4.79 Å². The zero-order valence-corrected chi connectivity index (χ0v) is 7.45. The summed E-state index contributed by atoms with van der Waals surface area (Å²) in [5.41, 5.74) is 0. The summed E-state index contributed by atoms with van der Waals surface area (Å²) < 4.78 is 4.83. The maximum atomic E-state index is 11.4. The molecule has 0 unspecified atom stereocenters. The molecule has 4 nitrogen and oxygen atoms in total. The average molecular weight is 171 g/mol. The van der Waals surface area contributed by atoms with Crippen LogP contribution >= 0.6 is 0 Å². The Hall–Kier alpha value is -0.610. The highest BCUT2D eigenvalue weighted by atomic mass is 16.5. The number of ether oxygens (including phenoxy) is 1. The predicted octanol–water partition coefficient (Wildman–Crippen LogP) is -0.530. The molecule has 1 heterocycles. The Labute approximate surface area is 72.9 Å². The number of amides is 1. The van der Waals surface area contributed by atoms with Crippen molar-refractivity contribution in [3.05, 3.63) is 0 Å². The van der Waals surface area contributed by atoms with Crippen molar-refractivity contribution in [2.24, 2.45) is 0 Å². The van der Waals surface area contributed by atoms with E-state index in [0.717, 1.165) is 26.2 Å². The third-order valence-electron chi connectivity index (χ3n) is 1.93. The Morgan fingerprint density at radius 1 is 1.50 bits per heavy atom. The zero-order chi connectivity index (χ0) is 8.81. The number of carbonyl (C=O) groups excluding carboxylic acids is 1. The summed E-state index contributed by atoms with van der Waals surface area (Å²) in [6.45, 7) is 3.66. The average Bonchev–Trinajstić information content (AvgIpc) is 2.15. The fourth-order valence-corrected chi connectivity index (χ4v) is 1.20. The Morgan fingerprint density at radius 2 is 2.17 bits per heavy atom. The maximum Gasteiger partial charge on any atom is 0.224 e. The van der Waals surface area contributed by atoms with E-state index in [1.807, 2.05) is 4.90 Å². The van der Waals surface area contributed by atoms with Crippen molar-refractivity contribution >= 4 is 5.91 Å². The van der Waals surface area contributed by atoms with Crippen molar-refractivity contribution in [3.8, 4) is 0 Å². The molecule has 1 aliphatic heterocycles. The van der Waals surface area contributed by atoms with Crippen LogP contribution in [0, 0.1) is 0 Å².